The fraction of sp³-hybridized carbons (Fsp3) is 0.625. The molecule has 0 fully saturated rings. The lowest BCUT2D eigenvalue weighted by Gasteiger charge is -2.23. The number of nitrogens with one attached hydrogen (secondary N) is 2. The molecule has 0 heterocycles. The molecule has 0 amide bonds. The van der Waals surface area contributed by atoms with Crippen LogP contribution in [0.5, 0.6) is 0 Å². The van der Waals surface area contributed by atoms with Gasteiger partial charge in [0.1, 0.15) is 0 Å². The Morgan fingerprint density at radius 1 is 1.11 bits per heavy atom. The van der Waals surface area contributed by atoms with Gasteiger partial charge in [-0.1, -0.05) is 45.0 Å². The maximum atomic E-state index is 3.59. The Hall–Kier alpha value is -0.860. The quantitative estimate of drug-likeness (QED) is 0.739. The third-order valence-electron chi connectivity index (χ3n) is 3.64. The van der Waals surface area contributed by atoms with E-state index < -0.39 is 0 Å². The van der Waals surface area contributed by atoms with Crippen molar-refractivity contribution in [3.63, 3.8) is 0 Å². The SMILES string of the molecule is CCC(C)(C)CNCc1ccccc1CCNC. The average molecular weight is 248 g/mol. The van der Waals surface area contributed by atoms with Gasteiger partial charge in [0.05, 0.1) is 0 Å². The molecular weight excluding hydrogens is 220 g/mol. The Morgan fingerprint density at radius 3 is 2.39 bits per heavy atom. The number of hydrogen-bond donors (Lipinski definition) is 2. The van der Waals surface area contributed by atoms with Crippen LogP contribution in [-0.2, 0) is 13.0 Å². The zero-order valence-electron chi connectivity index (χ0n) is 12.3. The molecule has 1 aromatic carbocycles. The molecule has 18 heavy (non-hydrogen) atoms. The zero-order chi connectivity index (χ0) is 13.4. The Morgan fingerprint density at radius 2 is 1.78 bits per heavy atom. The molecule has 0 unspecified atom stereocenters. The first-order valence-corrected chi connectivity index (χ1v) is 7.01. The summed E-state index contributed by atoms with van der Waals surface area (Å²) in [6.45, 7) is 9.97. The highest BCUT2D eigenvalue weighted by molar-refractivity contribution is 5.27. The molecule has 0 saturated heterocycles. The summed E-state index contributed by atoms with van der Waals surface area (Å²) in [5.74, 6) is 0. The van der Waals surface area contributed by atoms with Crippen molar-refractivity contribution >= 4 is 0 Å². The molecule has 0 aromatic heterocycles. The van der Waals surface area contributed by atoms with Crippen LogP contribution >= 0.6 is 0 Å². The van der Waals surface area contributed by atoms with Crippen LogP contribution in [0.2, 0.25) is 0 Å². The molecule has 1 rings (SSSR count). The van der Waals surface area contributed by atoms with E-state index >= 15 is 0 Å². The molecule has 0 atom stereocenters. The van der Waals surface area contributed by atoms with E-state index in [-0.39, 0.29) is 0 Å². The standard InChI is InChI=1S/C16H28N2/c1-5-16(2,3)13-18-12-15-9-7-6-8-14(15)10-11-17-4/h6-9,17-18H,5,10-13H2,1-4H3. The van der Waals surface area contributed by atoms with Gasteiger partial charge < -0.3 is 10.6 Å². The maximum absolute atomic E-state index is 3.59. The highest BCUT2D eigenvalue weighted by Crippen LogP contribution is 2.18. The highest BCUT2D eigenvalue weighted by Gasteiger charge is 2.14. The Bertz CT molecular complexity index is 345. The average Bonchev–Trinajstić information content (AvgIpc) is 2.37. The molecule has 0 aliphatic carbocycles. The van der Waals surface area contributed by atoms with Crippen LogP contribution in [0.1, 0.15) is 38.3 Å². The highest BCUT2D eigenvalue weighted by atomic mass is 14.9. The van der Waals surface area contributed by atoms with Crippen LogP contribution in [0, 0.1) is 5.41 Å². The lowest BCUT2D eigenvalue weighted by molar-refractivity contribution is 0.327. The summed E-state index contributed by atoms with van der Waals surface area (Å²) in [6, 6.07) is 8.73. The van der Waals surface area contributed by atoms with E-state index in [9.17, 15) is 0 Å². The van der Waals surface area contributed by atoms with Crippen molar-refractivity contribution in [1.82, 2.24) is 10.6 Å². The van der Waals surface area contributed by atoms with Crippen LogP contribution in [0.3, 0.4) is 0 Å². The summed E-state index contributed by atoms with van der Waals surface area (Å²) < 4.78 is 0. The minimum atomic E-state index is 0.389. The van der Waals surface area contributed by atoms with Crippen LogP contribution in [0.15, 0.2) is 24.3 Å². The van der Waals surface area contributed by atoms with Gasteiger partial charge in [-0.2, -0.15) is 0 Å². The Balaban J connectivity index is 2.51. The zero-order valence-corrected chi connectivity index (χ0v) is 12.3. The minimum absolute atomic E-state index is 0.389. The minimum Gasteiger partial charge on any atom is -0.319 e. The number of likely N-dealkylation sites (N-methyl/N-ethyl adjacent to an activating group) is 1. The molecule has 0 spiro atoms. The third-order valence-corrected chi connectivity index (χ3v) is 3.64. The smallest absolute Gasteiger partial charge is 0.0208 e. The van der Waals surface area contributed by atoms with Crippen LogP contribution in [-0.4, -0.2) is 20.1 Å². The molecule has 1 aromatic rings. The molecule has 0 saturated carbocycles. The fourth-order valence-corrected chi connectivity index (χ4v) is 1.89. The van der Waals surface area contributed by atoms with Crippen molar-refractivity contribution in [2.75, 3.05) is 20.1 Å². The van der Waals surface area contributed by atoms with Gasteiger partial charge in [0.25, 0.3) is 0 Å². The summed E-state index contributed by atoms with van der Waals surface area (Å²) in [7, 11) is 2.00. The number of hydrogen-bond acceptors (Lipinski definition) is 2. The van der Waals surface area contributed by atoms with Gasteiger partial charge in [0, 0.05) is 13.1 Å². The predicted molar refractivity (Wildman–Crippen MR) is 79.9 cm³/mol. The first kappa shape index (κ1) is 15.2. The Kier molecular flexibility index (Phi) is 6.37. The van der Waals surface area contributed by atoms with Gasteiger partial charge in [0.2, 0.25) is 0 Å². The molecule has 102 valence electrons. The molecule has 0 bridgehead atoms. The topological polar surface area (TPSA) is 24.1 Å². The summed E-state index contributed by atoms with van der Waals surface area (Å²) in [5.41, 5.74) is 3.27. The van der Waals surface area contributed by atoms with Crippen molar-refractivity contribution < 1.29 is 0 Å². The first-order chi connectivity index (χ1) is 8.59. The van der Waals surface area contributed by atoms with Crippen molar-refractivity contribution in [3.05, 3.63) is 35.4 Å². The first-order valence-electron chi connectivity index (χ1n) is 7.01. The van der Waals surface area contributed by atoms with E-state index in [0.29, 0.717) is 5.41 Å². The number of rotatable bonds is 8. The molecule has 0 radical (unpaired) electrons. The normalized spacial score (nSPS) is 11.8. The van der Waals surface area contributed by atoms with Crippen molar-refractivity contribution in [1.29, 1.82) is 0 Å². The monoisotopic (exact) mass is 248 g/mol. The van der Waals surface area contributed by atoms with Crippen LogP contribution < -0.4 is 10.6 Å². The van der Waals surface area contributed by atoms with Crippen molar-refractivity contribution in [2.24, 2.45) is 5.41 Å². The van der Waals surface area contributed by atoms with E-state index in [1.807, 2.05) is 7.05 Å². The van der Waals surface area contributed by atoms with Gasteiger partial charge in [-0.3, -0.25) is 0 Å². The second kappa shape index (κ2) is 7.55. The summed E-state index contributed by atoms with van der Waals surface area (Å²) >= 11 is 0. The molecule has 2 heteroatoms. The van der Waals surface area contributed by atoms with Crippen molar-refractivity contribution in [2.45, 2.75) is 40.2 Å². The summed E-state index contributed by atoms with van der Waals surface area (Å²) in [6.07, 6.45) is 2.31. The summed E-state index contributed by atoms with van der Waals surface area (Å²) in [4.78, 5) is 0. The predicted octanol–water partition coefficient (Wildman–Crippen LogP) is 2.97. The lowest BCUT2D eigenvalue weighted by atomic mass is 9.90. The Labute approximate surface area is 112 Å². The maximum Gasteiger partial charge on any atom is 0.0208 e. The van der Waals surface area contributed by atoms with E-state index in [4.69, 9.17) is 0 Å². The van der Waals surface area contributed by atoms with E-state index in [1.54, 1.807) is 0 Å². The number of benzene rings is 1. The van der Waals surface area contributed by atoms with Gasteiger partial charge >= 0.3 is 0 Å². The molecule has 0 aliphatic rings. The largest absolute Gasteiger partial charge is 0.319 e. The van der Waals surface area contributed by atoms with Gasteiger partial charge in [0.15, 0.2) is 0 Å². The second-order valence-electron chi connectivity index (χ2n) is 5.74. The van der Waals surface area contributed by atoms with E-state index in [1.165, 1.54) is 17.5 Å². The fourth-order valence-electron chi connectivity index (χ4n) is 1.89. The van der Waals surface area contributed by atoms with E-state index in [2.05, 4.69) is 55.7 Å². The van der Waals surface area contributed by atoms with Crippen LogP contribution in [0.4, 0.5) is 0 Å². The van der Waals surface area contributed by atoms with E-state index in [0.717, 1.165) is 26.1 Å². The molecule has 0 aliphatic heterocycles. The van der Waals surface area contributed by atoms with Gasteiger partial charge in [-0.25, -0.2) is 0 Å². The van der Waals surface area contributed by atoms with Gasteiger partial charge in [-0.15, -0.1) is 0 Å². The molecule has 2 nitrogen and oxygen atoms in total. The summed E-state index contributed by atoms with van der Waals surface area (Å²) in [5, 5.41) is 6.80. The molecular formula is C16H28N2. The lowest BCUT2D eigenvalue weighted by Crippen LogP contribution is -2.28. The third kappa shape index (κ3) is 5.19. The van der Waals surface area contributed by atoms with Gasteiger partial charge in [-0.05, 0) is 43.0 Å². The van der Waals surface area contributed by atoms with Crippen LogP contribution in [0.25, 0.3) is 0 Å². The molecule has 2 N–H and O–H groups in total. The van der Waals surface area contributed by atoms with Crippen molar-refractivity contribution in [3.8, 4) is 0 Å². The second-order valence-corrected chi connectivity index (χ2v) is 5.74.